The van der Waals surface area contributed by atoms with Gasteiger partial charge in [-0.1, -0.05) is 133 Å². The van der Waals surface area contributed by atoms with Crippen LogP contribution in [0.5, 0.6) is 0 Å². The molecule has 0 radical (unpaired) electrons. The topological polar surface area (TPSA) is 12.0 Å². The first-order chi connectivity index (χ1) is 18.4. The Balaban J connectivity index is 0.000000937. The van der Waals surface area contributed by atoms with Crippen molar-refractivity contribution in [3.05, 3.63) is 130 Å². The first-order valence-electron chi connectivity index (χ1n) is 13.7. The molecule has 0 fully saturated rings. The summed E-state index contributed by atoms with van der Waals surface area (Å²) in [5.41, 5.74) is 15.3. The molecule has 1 N–H and O–H groups in total. The lowest BCUT2D eigenvalue weighted by atomic mass is 9.97. The van der Waals surface area contributed by atoms with Crippen LogP contribution >= 0.6 is 0 Å². The summed E-state index contributed by atoms with van der Waals surface area (Å²) in [7, 11) is 1.90. The Labute approximate surface area is 230 Å². The van der Waals surface area contributed by atoms with Crippen LogP contribution in [0.1, 0.15) is 47.2 Å². The highest BCUT2D eigenvalue weighted by Gasteiger charge is 2.47. The van der Waals surface area contributed by atoms with Gasteiger partial charge in [-0.25, -0.2) is 0 Å². The maximum absolute atomic E-state index is 2.75. The molecule has 0 spiro atoms. The summed E-state index contributed by atoms with van der Waals surface area (Å²) >= 11 is 0. The van der Waals surface area contributed by atoms with Gasteiger partial charge in [0.25, 0.3) is 0 Å². The molecule has 4 aromatic rings. The minimum absolute atomic E-state index is 0.515. The van der Waals surface area contributed by atoms with Crippen molar-refractivity contribution in [2.75, 3.05) is 14.1 Å². The van der Waals surface area contributed by atoms with Crippen molar-refractivity contribution in [3.63, 3.8) is 0 Å². The van der Waals surface area contributed by atoms with Crippen LogP contribution in [0.2, 0.25) is 13.1 Å². The molecule has 2 unspecified atom stereocenters. The summed E-state index contributed by atoms with van der Waals surface area (Å²) in [4.78, 5) is 0. The molecule has 0 heterocycles. The van der Waals surface area contributed by atoms with Crippen molar-refractivity contribution >= 4 is 20.2 Å². The zero-order chi connectivity index (χ0) is 26.9. The lowest BCUT2D eigenvalue weighted by Gasteiger charge is -2.39. The van der Waals surface area contributed by atoms with Gasteiger partial charge in [-0.3, -0.25) is 0 Å². The molecule has 0 saturated heterocycles. The average Bonchev–Trinajstić information content (AvgIpc) is 3.46. The predicted octanol–water partition coefficient (Wildman–Crippen LogP) is 9.34. The van der Waals surface area contributed by atoms with E-state index in [9.17, 15) is 0 Å². The van der Waals surface area contributed by atoms with E-state index in [1.54, 1.807) is 0 Å². The number of rotatable bonds is 4. The Hall–Kier alpha value is -3.46. The molecule has 6 rings (SSSR count). The monoisotopic (exact) mass is 513 g/mol. The number of fused-ring (bicyclic) bond motifs is 2. The second-order valence-electron chi connectivity index (χ2n) is 11.3. The van der Waals surface area contributed by atoms with Crippen LogP contribution in [0.4, 0.5) is 0 Å². The third-order valence-electron chi connectivity index (χ3n) is 8.21. The lowest BCUT2D eigenvalue weighted by molar-refractivity contribution is 0.968. The van der Waals surface area contributed by atoms with Gasteiger partial charge >= 0.3 is 0 Å². The van der Waals surface area contributed by atoms with E-state index in [2.05, 4.69) is 141 Å². The van der Waals surface area contributed by atoms with E-state index in [0.717, 1.165) is 0 Å². The van der Waals surface area contributed by atoms with Crippen molar-refractivity contribution in [2.24, 2.45) is 0 Å². The summed E-state index contributed by atoms with van der Waals surface area (Å²) in [6.45, 7) is 9.96. The van der Waals surface area contributed by atoms with Crippen LogP contribution in [0.15, 0.2) is 108 Å². The zero-order valence-electron chi connectivity index (χ0n) is 23.5. The first-order valence-corrected chi connectivity index (χ1v) is 16.9. The number of allylic oxidation sites excluding steroid dienone is 2. The molecular weight excluding hydrogens is 474 g/mol. The normalized spacial score (nSPS) is 17.6. The number of hydrogen-bond donors (Lipinski definition) is 1. The molecule has 0 bridgehead atoms. The molecule has 0 amide bonds. The first kappa shape index (κ1) is 26.2. The van der Waals surface area contributed by atoms with E-state index in [1.807, 2.05) is 14.1 Å². The van der Waals surface area contributed by atoms with Crippen LogP contribution in [0.25, 0.3) is 34.4 Å². The maximum atomic E-state index is 2.75. The van der Waals surface area contributed by atoms with E-state index in [1.165, 1.54) is 55.7 Å². The third-order valence-corrected chi connectivity index (χ3v) is 12.7. The van der Waals surface area contributed by atoms with Crippen LogP contribution in [-0.4, -0.2) is 22.2 Å². The smallest absolute Gasteiger partial charge is 0.0722 e. The second kappa shape index (κ2) is 10.7. The van der Waals surface area contributed by atoms with Crippen LogP contribution in [0, 0.1) is 0 Å². The summed E-state index contributed by atoms with van der Waals surface area (Å²) in [5, 5.41) is 2.75. The molecule has 0 aromatic heterocycles. The van der Waals surface area contributed by atoms with Gasteiger partial charge in [0.05, 0.1) is 8.07 Å². The molecule has 2 aliphatic carbocycles. The van der Waals surface area contributed by atoms with Crippen LogP contribution in [-0.2, 0) is 0 Å². The van der Waals surface area contributed by atoms with Crippen LogP contribution < -0.4 is 5.32 Å². The summed E-state index contributed by atoms with van der Waals surface area (Å²) in [6, 6.07) is 35.6. The second-order valence-corrected chi connectivity index (χ2v) is 16.1. The molecular formula is C36H39NSi. The fraction of sp³-hybridized carbons (Fsp3) is 0.222. The SMILES string of the molecule is CC1=Cc2c(-c3ccccc3)cccc2C1[Si](C)(C)C1C(C)=Cc2c(-c3ccccc3)cccc21.CNC. The Morgan fingerprint density at radius 2 is 0.895 bits per heavy atom. The fourth-order valence-corrected chi connectivity index (χ4v) is 11.9. The van der Waals surface area contributed by atoms with Crippen molar-refractivity contribution in [1.82, 2.24) is 5.32 Å². The molecule has 2 atom stereocenters. The van der Waals surface area contributed by atoms with Gasteiger partial charge in [0.15, 0.2) is 0 Å². The van der Waals surface area contributed by atoms with Gasteiger partial charge in [-0.2, -0.15) is 0 Å². The Bertz CT molecular complexity index is 1380. The van der Waals surface area contributed by atoms with Gasteiger partial charge in [0.1, 0.15) is 0 Å². The summed E-state index contributed by atoms with van der Waals surface area (Å²) in [6.07, 6.45) is 4.96. The minimum atomic E-state index is -1.85. The van der Waals surface area contributed by atoms with Crippen molar-refractivity contribution < 1.29 is 0 Å². The van der Waals surface area contributed by atoms with E-state index in [-0.39, 0.29) is 0 Å². The Kier molecular flexibility index (Phi) is 7.38. The predicted molar refractivity (Wildman–Crippen MR) is 169 cm³/mol. The van der Waals surface area contributed by atoms with Gasteiger partial charge in [0, 0.05) is 11.1 Å². The number of hydrogen-bond acceptors (Lipinski definition) is 1. The van der Waals surface area contributed by atoms with Gasteiger partial charge in [0.2, 0.25) is 0 Å². The highest BCUT2D eigenvalue weighted by molar-refractivity contribution is 6.81. The standard InChI is InChI=1S/C34H32Si.C2H7N/c1-23-21-31-27(25-13-7-5-8-14-25)17-11-19-29(31)33(23)35(3,4)34-24(2)22-32-28(18-12-20-30(32)34)26-15-9-6-10-16-26;1-3-2/h5-22,33-34H,1-4H3;3H,1-2H3. The average molecular weight is 514 g/mol. The zero-order valence-corrected chi connectivity index (χ0v) is 24.5. The van der Waals surface area contributed by atoms with Crippen LogP contribution in [0.3, 0.4) is 0 Å². The minimum Gasteiger partial charge on any atom is -0.323 e. The van der Waals surface area contributed by atoms with Gasteiger partial charge in [-0.05, 0) is 72.5 Å². The molecule has 4 aromatic carbocycles. The Morgan fingerprint density at radius 1 is 0.526 bits per heavy atom. The van der Waals surface area contributed by atoms with Crippen molar-refractivity contribution in [2.45, 2.75) is 38.0 Å². The van der Waals surface area contributed by atoms with E-state index in [4.69, 9.17) is 0 Å². The maximum Gasteiger partial charge on any atom is 0.0722 e. The quantitative estimate of drug-likeness (QED) is 0.268. The fourth-order valence-electron chi connectivity index (χ4n) is 6.99. The molecule has 0 saturated carbocycles. The molecule has 2 aliphatic rings. The largest absolute Gasteiger partial charge is 0.323 e. The Morgan fingerprint density at radius 3 is 1.26 bits per heavy atom. The number of benzene rings is 4. The summed E-state index contributed by atoms with van der Waals surface area (Å²) in [5.74, 6) is 0. The van der Waals surface area contributed by atoms with Crippen molar-refractivity contribution in [3.8, 4) is 22.3 Å². The molecule has 0 aliphatic heterocycles. The molecule has 192 valence electrons. The van der Waals surface area contributed by atoms with Gasteiger partial charge in [-0.15, -0.1) is 0 Å². The van der Waals surface area contributed by atoms with Gasteiger partial charge < -0.3 is 5.32 Å². The van der Waals surface area contributed by atoms with Crippen molar-refractivity contribution in [1.29, 1.82) is 0 Å². The molecule has 38 heavy (non-hydrogen) atoms. The number of nitrogens with one attached hydrogen (secondary N) is 1. The summed E-state index contributed by atoms with van der Waals surface area (Å²) < 4.78 is 0. The highest BCUT2D eigenvalue weighted by Crippen LogP contribution is 2.54. The van der Waals surface area contributed by atoms with E-state index in [0.29, 0.717) is 11.1 Å². The molecule has 1 nitrogen and oxygen atoms in total. The van der Waals surface area contributed by atoms with E-state index >= 15 is 0 Å². The lowest BCUT2D eigenvalue weighted by Crippen LogP contribution is -2.42. The third kappa shape index (κ3) is 4.53. The highest BCUT2D eigenvalue weighted by atomic mass is 28.3. The molecule has 2 heteroatoms. The van der Waals surface area contributed by atoms with E-state index < -0.39 is 8.07 Å².